The van der Waals surface area contributed by atoms with Crippen molar-refractivity contribution in [2.45, 2.75) is 32.4 Å². The predicted octanol–water partition coefficient (Wildman–Crippen LogP) is 3.13. The molecule has 1 unspecified atom stereocenters. The lowest BCUT2D eigenvalue weighted by molar-refractivity contribution is -0.125. The number of hydrogen-bond donors (Lipinski definition) is 2. The highest BCUT2D eigenvalue weighted by atomic mass is 35.5. The Morgan fingerprint density at radius 2 is 2.16 bits per heavy atom. The first kappa shape index (κ1) is 25.6. The molecule has 5 rings (SSSR count). The number of nitrogen functional groups attached to an aromatic ring is 1. The number of amides is 2. The average molecular weight is 538 g/mol. The van der Waals surface area contributed by atoms with Crippen molar-refractivity contribution >= 4 is 57.4 Å². The van der Waals surface area contributed by atoms with Gasteiger partial charge in [0.1, 0.15) is 17.7 Å². The van der Waals surface area contributed by atoms with E-state index in [9.17, 15) is 9.59 Å². The number of nitrogens with one attached hydrogen (secondary N) is 1. The lowest BCUT2D eigenvalue weighted by Crippen LogP contribution is -2.29. The quantitative estimate of drug-likeness (QED) is 0.339. The van der Waals surface area contributed by atoms with E-state index in [0.717, 1.165) is 0 Å². The lowest BCUT2D eigenvalue weighted by Gasteiger charge is -2.19. The molecular weight excluding hydrogens is 510 g/mol. The Bertz CT molecular complexity index is 1540. The monoisotopic (exact) mass is 537 g/mol. The van der Waals surface area contributed by atoms with Crippen molar-refractivity contribution < 1.29 is 14.0 Å². The summed E-state index contributed by atoms with van der Waals surface area (Å²) in [6.07, 6.45) is 5.46. The van der Waals surface area contributed by atoms with Gasteiger partial charge in [0.25, 0.3) is 5.91 Å². The number of likely N-dealkylation sites (N-methyl/N-ethyl adjacent to an activating group) is 1. The van der Waals surface area contributed by atoms with Crippen molar-refractivity contribution in [3.63, 3.8) is 0 Å². The molecule has 1 saturated heterocycles. The van der Waals surface area contributed by atoms with E-state index in [1.165, 1.54) is 6.33 Å². The van der Waals surface area contributed by atoms with Crippen LogP contribution in [0.3, 0.4) is 0 Å². The molecule has 1 atom stereocenters. The maximum atomic E-state index is 13.2. The van der Waals surface area contributed by atoms with Crippen LogP contribution in [0.25, 0.3) is 22.1 Å². The molecule has 1 aromatic carbocycles. The third kappa shape index (κ3) is 5.04. The van der Waals surface area contributed by atoms with Crippen molar-refractivity contribution in [3.8, 4) is 0 Å². The molecule has 3 N–H and O–H groups in total. The largest absolute Gasteiger partial charge is 0.423 e. The summed E-state index contributed by atoms with van der Waals surface area (Å²) < 4.78 is 7.26. The van der Waals surface area contributed by atoms with Crippen molar-refractivity contribution in [2.75, 3.05) is 37.7 Å². The first-order valence-corrected chi connectivity index (χ1v) is 12.6. The summed E-state index contributed by atoms with van der Waals surface area (Å²) in [5, 5.41) is 8.02. The maximum absolute atomic E-state index is 13.2. The summed E-state index contributed by atoms with van der Waals surface area (Å²) in [5.41, 5.74) is 7.58. The van der Waals surface area contributed by atoms with Gasteiger partial charge in [-0.25, -0.2) is 14.6 Å². The summed E-state index contributed by atoms with van der Waals surface area (Å²) in [4.78, 5) is 42.6. The molecule has 1 aliphatic rings. The van der Waals surface area contributed by atoms with Crippen molar-refractivity contribution in [3.05, 3.63) is 47.4 Å². The summed E-state index contributed by atoms with van der Waals surface area (Å²) in [6, 6.07) is 5.18. The van der Waals surface area contributed by atoms with E-state index in [0.29, 0.717) is 59.3 Å². The van der Waals surface area contributed by atoms with Gasteiger partial charge >= 0.3 is 6.01 Å². The Morgan fingerprint density at radius 3 is 2.95 bits per heavy atom. The Labute approximate surface area is 223 Å². The van der Waals surface area contributed by atoms with Crippen LogP contribution in [0.15, 0.2) is 41.1 Å². The summed E-state index contributed by atoms with van der Waals surface area (Å²) in [7, 11) is 2.01. The lowest BCUT2D eigenvalue weighted by atomic mass is 10.2. The molecule has 1 aliphatic heterocycles. The minimum absolute atomic E-state index is 0.00192. The number of benzene rings is 1. The molecule has 2 amide bonds. The van der Waals surface area contributed by atoms with E-state index in [1.807, 2.05) is 13.1 Å². The molecule has 38 heavy (non-hydrogen) atoms. The van der Waals surface area contributed by atoms with Gasteiger partial charge in [-0.05, 0) is 45.5 Å². The summed E-state index contributed by atoms with van der Waals surface area (Å²) in [6.45, 7) is 5.87. The van der Waals surface area contributed by atoms with Crippen LogP contribution in [0, 0.1) is 0 Å². The van der Waals surface area contributed by atoms with Crippen LogP contribution in [0.4, 0.5) is 11.8 Å². The van der Waals surface area contributed by atoms with E-state index < -0.39 is 5.91 Å². The minimum atomic E-state index is -0.573. The third-order valence-electron chi connectivity index (χ3n) is 6.66. The number of carbonyl (C=O) groups excluding carboxylic acids is 2. The SMILES string of the molecule is CC(C)N(C)C/C=C/C(=O)N1CCC(n2nc(C(=O)Nc3nc4cc(Cl)ccc4o3)c3c(N)ncnc32)C1. The number of nitrogens with zero attached hydrogens (tertiary/aromatic N) is 7. The van der Waals surface area contributed by atoms with Crippen LogP contribution in [0.5, 0.6) is 0 Å². The number of halogens is 1. The molecule has 4 aromatic rings. The number of likely N-dealkylation sites (tertiary alicyclic amines) is 1. The number of carbonyl (C=O) groups is 2. The number of aromatic nitrogens is 5. The van der Waals surface area contributed by atoms with Gasteiger partial charge in [-0.15, -0.1) is 0 Å². The molecule has 198 valence electrons. The van der Waals surface area contributed by atoms with E-state index in [-0.39, 0.29) is 29.5 Å². The van der Waals surface area contributed by atoms with Gasteiger partial charge < -0.3 is 20.0 Å². The fraction of sp³-hybridized carbons (Fsp3) is 0.360. The van der Waals surface area contributed by atoms with Crippen molar-refractivity contribution in [2.24, 2.45) is 0 Å². The second-order valence-corrected chi connectivity index (χ2v) is 9.93. The molecule has 1 fully saturated rings. The number of fused-ring (bicyclic) bond motifs is 2. The number of rotatable bonds is 7. The van der Waals surface area contributed by atoms with Crippen LogP contribution in [-0.4, -0.2) is 79.1 Å². The Kier molecular flexibility index (Phi) is 7.00. The Balaban J connectivity index is 1.36. The van der Waals surface area contributed by atoms with Crippen LogP contribution in [0.1, 0.15) is 36.8 Å². The van der Waals surface area contributed by atoms with E-state index >= 15 is 0 Å². The number of anilines is 2. The molecule has 12 nitrogen and oxygen atoms in total. The van der Waals surface area contributed by atoms with Gasteiger partial charge in [-0.2, -0.15) is 10.1 Å². The Morgan fingerprint density at radius 1 is 1.34 bits per heavy atom. The number of oxazole rings is 1. The molecule has 3 aromatic heterocycles. The zero-order chi connectivity index (χ0) is 27.0. The van der Waals surface area contributed by atoms with Gasteiger partial charge in [0.05, 0.1) is 11.4 Å². The molecule has 13 heteroatoms. The topological polar surface area (TPSA) is 148 Å². The first-order valence-electron chi connectivity index (χ1n) is 12.2. The van der Waals surface area contributed by atoms with E-state index in [2.05, 4.69) is 44.1 Å². The zero-order valence-corrected chi connectivity index (χ0v) is 22.0. The second kappa shape index (κ2) is 10.4. The van der Waals surface area contributed by atoms with Gasteiger partial charge in [0.2, 0.25) is 5.91 Å². The Hall–Kier alpha value is -4.03. The molecule has 0 radical (unpaired) electrons. The standard InChI is InChI=1S/C25H28ClN9O3/c1-14(2)33(3)9-4-5-19(36)34-10-8-16(12-34)35-23-20(22(27)28-13-29-23)21(32-35)24(37)31-25-30-17-11-15(26)6-7-18(17)38-25/h4-7,11,13-14,16H,8-10,12H2,1-3H3,(H2,27,28,29)(H,30,31,37)/b5-4+. The highest BCUT2D eigenvalue weighted by molar-refractivity contribution is 6.31. The molecular formula is C25H28ClN9O3. The minimum Gasteiger partial charge on any atom is -0.423 e. The molecule has 0 aliphatic carbocycles. The predicted molar refractivity (Wildman–Crippen MR) is 144 cm³/mol. The highest BCUT2D eigenvalue weighted by Gasteiger charge is 2.31. The highest BCUT2D eigenvalue weighted by Crippen LogP contribution is 2.30. The fourth-order valence-electron chi connectivity index (χ4n) is 4.30. The van der Waals surface area contributed by atoms with Gasteiger partial charge in [0, 0.05) is 36.8 Å². The van der Waals surface area contributed by atoms with Crippen LogP contribution >= 0.6 is 11.6 Å². The van der Waals surface area contributed by atoms with Crippen molar-refractivity contribution in [1.29, 1.82) is 0 Å². The average Bonchev–Trinajstić information content (AvgIpc) is 3.60. The maximum Gasteiger partial charge on any atom is 0.302 e. The van der Waals surface area contributed by atoms with Crippen LogP contribution < -0.4 is 11.1 Å². The molecule has 4 heterocycles. The van der Waals surface area contributed by atoms with Gasteiger partial charge in [-0.3, -0.25) is 14.9 Å². The molecule has 0 saturated carbocycles. The second-order valence-electron chi connectivity index (χ2n) is 9.50. The molecule has 0 spiro atoms. The van der Waals surface area contributed by atoms with Crippen molar-refractivity contribution in [1.82, 2.24) is 34.5 Å². The van der Waals surface area contributed by atoms with E-state index in [4.69, 9.17) is 21.8 Å². The van der Waals surface area contributed by atoms with Crippen LogP contribution in [-0.2, 0) is 4.79 Å². The molecule has 0 bridgehead atoms. The summed E-state index contributed by atoms with van der Waals surface area (Å²) >= 11 is 6.02. The van der Waals surface area contributed by atoms with Gasteiger partial charge in [0.15, 0.2) is 16.9 Å². The normalized spacial score (nSPS) is 16.1. The first-order chi connectivity index (χ1) is 18.2. The van der Waals surface area contributed by atoms with Crippen LogP contribution in [0.2, 0.25) is 5.02 Å². The van der Waals surface area contributed by atoms with Gasteiger partial charge in [-0.1, -0.05) is 17.7 Å². The number of hydrogen-bond acceptors (Lipinski definition) is 9. The third-order valence-corrected chi connectivity index (χ3v) is 6.89. The van der Waals surface area contributed by atoms with E-state index in [1.54, 1.807) is 33.9 Å². The number of nitrogens with two attached hydrogens (primary N) is 1. The summed E-state index contributed by atoms with van der Waals surface area (Å²) in [5.74, 6) is -0.515. The fourth-order valence-corrected chi connectivity index (χ4v) is 4.46. The smallest absolute Gasteiger partial charge is 0.302 e. The zero-order valence-electron chi connectivity index (χ0n) is 21.3.